The molecule has 2 aromatic heterocycles. The maximum Gasteiger partial charge on any atom is 0.192 e. The molecule has 0 unspecified atom stereocenters. The van der Waals surface area contributed by atoms with Crippen molar-refractivity contribution in [1.82, 2.24) is 9.97 Å². The molecule has 0 aliphatic carbocycles. The topological polar surface area (TPSA) is 58.9 Å². The van der Waals surface area contributed by atoms with Gasteiger partial charge in [0.05, 0.1) is 0 Å². The van der Waals surface area contributed by atoms with E-state index < -0.39 is 0 Å². The van der Waals surface area contributed by atoms with Crippen molar-refractivity contribution in [1.29, 1.82) is 0 Å². The van der Waals surface area contributed by atoms with Crippen molar-refractivity contribution in [3.8, 4) is 0 Å². The number of carbonyl (C=O) groups is 1. The number of aromatic nitrogens is 2. The number of benzene rings is 1. The van der Waals surface area contributed by atoms with E-state index in [4.69, 9.17) is 4.42 Å². The van der Waals surface area contributed by atoms with Crippen LogP contribution in [0.4, 0.5) is 0 Å². The van der Waals surface area contributed by atoms with E-state index in [0.717, 1.165) is 22.7 Å². The summed E-state index contributed by atoms with van der Waals surface area (Å²) >= 11 is 0. The standard InChI is InChI=1S/C11H8N2O2/c1-6-13-11-9(15-6)3-2-8-10(11)7(5-14)4-12-8/h2-5,12H,1H3. The zero-order chi connectivity index (χ0) is 10.4. The second-order valence-corrected chi connectivity index (χ2v) is 3.43. The minimum Gasteiger partial charge on any atom is -0.441 e. The highest BCUT2D eigenvalue weighted by Gasteiger charge is 2.11. The average Bonchev–Trinajstić information content (AvgIpc) is 2.78. The van der Waals surface area contributed by atoms with Gasteiger partial charge in [0.15, 0.2) is 17.8 Å². The predicted octanol–water partition coefficient (Wildman–Crippen LogP) is 2.43. The molecular formula is C11H8N2O2. The molecule has 0 saturated carbocycles. The fourth-order valence-electron chi connectivity index (χ4n) is 1.84. The van der Waals surface area contributed by atoms with Gasteiger partial charge in [0, 0.05) is 29.6 Å². The Morgan fingerprint density at radius 2 is 2.33 bits per heavy atom. The molecule has 1 N–H and O–H groups in total. The highest BCUT2D eigenvalue weighted by molar-refractivity contribution is 6.10. The summed E-state index contributed by atoms with van der Waals surface area (Å²) < 4.78 is 5.40. The summed E-state index contributed by atoms with van der Waals surface area (Å²) in [5.74, 6) is 0.607. The molecular weight excluding hydrogens is 192 g/mol. The van der Waals surface area contributed by atoms with Gasteiger partial charge in [0.1, 0.15) is 5.52 Å². The number of nitrogens with zero attached hydrogens (tertiary/aromatic N) is 1. The molecule has 0 aliphatic rings. The first-order chi connectivity index (χ1) is 7.29. The number of oxazole rings is 1. The molecule has 0 radical (unpaired) electrons. The van der Waals surface area contributed by atoms with E-state index in [2.05, 4.69) is 9.97 Å². The van der Waals surface area contributed by atoms with E-state index in [1.54, 1.807) is 13.1 Å². The van der Waals surface area contributed by atoms with Gasteiger partial charge in [-0.3, -0.25) is 4.79 Å². The quantitative estimate of drug-likeness (QED) is 0.613. The maximum absolute atomic E-state index is 10.9. The van der Waals surface area contributed by atoms with Gasteiger partial charge < -0.3 is 9.40 Å². The van der Waals surface area contributed by atoms with Gasteiger partial charge in [-0.1, -0.05) is 0 Å². The summed E-state index contributed by atoms with van der Waals surface area (Å²) in [6, 6.07) is 3.73. The van der Waals surface area contributed by atoms with Crippen molar-refractivity contribution in [2.24, 2.45) is 0 Å². The summed E-state index contributed by atoms with van der Waals surface area (Å²) in [5, 5.41) is 0.833. The number of fused-ring (bicyclic) bond motifs is 3. The van der Waals surface area contributed by atoms with Crippen LogP contribution in [-0.2, 0) is 0 Å². The zero-order valence-corrected chi connectivity index (χ0v) is 8.07. The first kappa shape index (κ1) is 8.23. The molecule has 4 heteroatoms. The number of nitrogens with one attached hydrogen (secondary N) is 1. The smallest absolute Gasteiger partial charge is 0.192 e. The van der Waals surface area contributed by atoms with Crippen LogP contribution in [0.25, 0.3) is 22.0 Å². The number of H-pyrrole nitrogens is 1. The molecule has 0 amide bonds. The van der Waals surface area contributed by atoms with Crippen LogP contribution in [0, 0.1) is 6.92 Å². The third-order valence-electron chi connectivity index (χ3n) is 2.47. The lowest BCUT2D eigenvalue weighted by Crippen LogP contribution is -1.77. The van der Waals surface area contributed by atoms with Gasteiger partial charge in [0.2, 0.25) is 0 Å². The third kappa shape index (κ3) is 1.01. The first-order valence-electron chi connectivity index (χ1n) is 4.62. The lowest BCUT2D eigenvalue weighted by molar-refractivity contribution is 0.112. The Morgan fingerprint density at radius 1 is 1.47 bits per heavy atom. The molecule has 15 heavy (non-hydrogen) atoms. The molecule has 0 atom stereocenters. The summed E-state index contributed by atoms with van der Waals surface area (Å²) in [6.45, 7) is 1.79. The predicted molar refractivity (Wildman–Crippen MR) is 56.0 cm³/mol. The van der Waals surface area contributed by atoms with Crippen LogP contribution in [0.3, 0.4) is 0 Å². The van der Waals surface area contributed by atoms with Gasteiger partial charge >= 0.3 is 0 Å². The number of rotatable bonds is 1. The molecule has 4 nitrogen and oxygen atoms in total. The van der Waals surface area contributed by atoms with E-state index in [1.165, 1.54) is 0 Å². The normalized spacial score (nSPS) is 11.3. The van der Waals surface area contributed by atoms with Crippen LogP contribution in [0.5, 0.6) is 0 Å². The Kier molecular flexibility index (Phi) is 1.48. The fraction of sp³-hybridized carbons (Fsp3) is 0.0909. The van der Waals surface area contributed by atoms with Crippen LogP contribution in [0.1, 0.15) is 16.2 Å². The molecule has 2 heterocycles. The minimum atomic E-state index is 0.607. The van der Waals surface area contributed by atoms with Crippen molar-refractivity contribution >= 4 is 28.3 Å². The van der Waals surface area contributed by atoms with E-state index in [9.17, 15) is 4.79 Å². The highest BCUT2D eigenvalue weighted by atomic mass is 16.3. The molecule has 0 aliphatic heterocycles. The van der Waals surface area contributed by atoms with E-state index in [1.807, 2.05) is 12.1 Å². The number of aryl methyl sites for hydroxylation is 1. The van der Waals surface area contributed by atoms with Crippen molar-refractivity contribution in [3.05, 3.63) is 29.8 Å². The Morgan fingerprint density at radius 3 is 3.13 bits per heavy atom. The Hall–Kier alpha value is -2.10. The van der Waals surface area contributed by atoms with E-state index >= 15 is 0 Å². The second kappa shape index (κ2) is 2.70. The van der Waals surface area contributed by atoms with Crippen molar-refractivity contribution in [2.45, 2.75) is 6.92 Å². The Bertz CT molecular complexity index is 664. The zero-order valence-electron chi connectivity index (χ0n) is 8.07. The van der Waals surface area contributed by atoms with Crippen LogP contribution < -0.4 is 0 Å². The maximum atomic E-state index is 10.9. The van der Waals surface area contributed by atoms with Crippen molar-refractivity contribution in [2.75, 3.05) is 0 Å². The Balaban J connectivity index is 2.60. The van der Waals surface area contributed by atoms with Gasteiger partial charge in [-0.2, -0.15) is 0 Å². The molecule has 0 bridgehead atoms. The second-order valence-electron chi connectivity index (χ2n) is 3.43. The average molecular weight is 200 g/mol. The van der Waals surface area contributed by atoms with Crippen LogP contribution >= 0.6 is 0 Å². The molecule has 3 aromatic rings. The lowest BCUT2D eigenvalue weighted by Gasteiger charge is -1.90. The summed E-state index contributed by atoms with van der Waals surface area (Å²) in [5.41, 5.74) is 2.97. The van der Waals surface area contributed by atoms with Crippen molar-refractivity contribution in [3.63, 3.8) is 0 Å². The summed E-state index contributed by atoms with van der Waals surface area (Å²) in [6.07, 6.45) is 2.50. The minimum absolute atomic E-state index is 0.607. The monoisotopic (exact) mass is 200 g/mol. The molecule has 0 saturated heterocycles. The number of aromatic amines is 1. The van der Waals surface area contributed by atoms with E-state index in [0.29, 0.717) is 17.0 Å². The third-order valence-corrected chi connectivity index (χ3v) is 2.47. The van der Waals surface area contributed by atoms with Gasteiger partial charge in [0.25, 0.3) is 0 Å². The number of hydrogen-bond acceptors (Lipinski definition) is 3. The number of carbonyl (C=O) groups excluding carboxylic acids is 1. The molecule has 74 valence electrons. The largest absolute Gasteiger partial charge is 0.441 e. The van der Waals surface area contributed by atoms with Crippen LogP contribution in [-0.4, -0.2) is 16.3 Å². The first-order valence-corrected chi connectivity index (χ1v) is 4.62. The van der Waals surface area contributed by atoms with Gasteiger partial charge in [-0.05, 0) is 12.1 Å². The molecule has 1 aromatic carbocycles. The Labute approximate surface area is 84.9 Å². The summed E-state index contributed by atoms with van der Waals surface area (Å²) in [7, 11) is 0. The SMILES string of the molecule is Cc1nc2c(ccc3[nH]cc(C=O)c32)o1. The van der Waals surface area contributed by atoms with Crippen LogP contribution in [0.2, 0.25) is 0 Å². The van der Waals surface area contributed by atoms with Gasteiger partial charge in [-0.15, -0.1) is 0 Å². The lowest BCUT2D eigenvalue weighted by atomic mass is 10.1. The summed E-state index contributed by atoms with van der Waals surface area (Å²) in [4.78, 5) is 18.2. The number of hydrogen-bond donors (Lipinski definition) is 1. The van der Waals surface area contributed by atoms with E-state index in [-0.39, 0.29) is 0 Å². The molecule has 0 fully saturated rings. The number of aldehydes is 1. The van der Waals surface area contributed by atoms with Gasteiger partial charge in [-0.25, -0.2) is 4.98 Å². The molecule has 0 spiro atoms. The van der Waals surface area contributed by atoms with Crippen LogP contribution in [0.15, 0.2) is 22.7 Å². The fourth-order valence-corrected chi connectivity index (χ4v) is 1.84. The van der Waals surface area contributed by atoms with Crippen molar-refractivity contribution < 1.29 is 9.21 Å². The highest BCUT2D eigenvalue weighted by Crippen LogP contribution is 2.27. The molecule has 3 rings (SSSR count).